The molecule has 0 spiro atoms. The molecular formula is C17H26FN3. The van der Waals surface area contributed by atoms with E-state index in [-0.39, 0.29) is 11.9 Å². The fourth-order valence-electron chi connectivity index (χ4n) is 2.91. The van der Waals surface area contributed by atoms with E-state index in [0.29, 0.717) is 5.92 Å². The van der Waals surface area contributed by atoms with Gasteiger partial charge in [-0.25, -0.2) is 9.37 Å². The smallest absolute Gasteiger partial charge is 0.125 e. The molecule has 1 aromatic carbocycles. The number of nitrogens with zero attached hydrogens (tertiary/aromatic N) is 2. The number of hydrogen-bond donors (Lipinski definition) is 1. The Hall–Kier alpha value is -1.42. The topological polar surface area (TPSA) is 31.9 Å². The third kappa shape index (κ3) is 3.62. The fourth-order valence-corrected chi connectivity index (χ4v) is 2.91. The molecule has 116 valence electrons. The molecule has 0 fully saturated rings. The standard InChI is InChI=1S/C17H26FN3/c1-5-7-10-21(6-2)16(12(3)4)17-19-14-9-8-13(18)11-15(14)20-17/h8-9,11-12,16H,5-7,10H2,1-4H3,(H,19,20). The van der Waals surface area contributed by atoms with Gasteiger partial charge in [-0.2, -0.15) is 0 Å². The first kappa shape index (κ1) is 16.0. The number of aromatic amines is 1. The Labute approximate surface area is 126 Å². The fraction of sp³-hybridized carbons (Fsp3) is 0.588. The second-order valence-corrected chi connectivity index (χ2v) is 5.95. The zero-order chi connectivity index (χ0) is 15.4. The maximum Gasteiger partial charge on any atom is 0.125 e. The van der Waals surface area contributed by atoms with Crippen molar-refractivity contribution in [2.45, 2.75) is 46.6 Å². The molecule has 4 heteroatoms. The summed E-state index contributed by atoms with van der Waals surface area (Å²) in [6.45, 7) is 10.9. The van der Waals surface area contributed by atoms with Gasteiger partial charge in [0.2, 0.25) is 0 Å². The van der Waals surface area contributed by atoms with Crippen LogP contribution in [0.2, 0.25) is 0 Å². The van der Waals surface area contributed by atoms with Crippen molar-refractivity contribution in [1.29, 1.82) is 0 Å². The minimum Gasteiger partial charge on any atom is -0.341 e. The molecule has 0 bridgehead atoms. The first-order valence-corrected chi connectivity index (χ1v) is 7.96. The Morgan fingerprint density at radius 1 is 1.29 bits per heavy atom. The molecule has 2 aromatic rings. The highest BCUT2D eigenvalue weighted by Crippen LogP contribution is 2.28. The minimum atomic E-state index is -0.225. The van der Waals surface area contributed by atoms with Gasteiger partial charge in [0.1, 0.15) is 11.6 Å². The van der Waals surface area contributed by atoms with Gasteiger partial charge in [0.15, 0.2) is 0 Å². The molecule has 1 N–H and O–H groups in total. The molecule has 0 radical (unpaired) electrons. The number of H-pyrrole nitrogens is 1. The Morgan fingerprint density at radius 2 is 2.05 bits per heavy atom. The molecule has 21 heavy (non-hydrogen) atoms. The second-order valence-electron chi connectivity index (χ2n) is 5.95. The highest BCUT2D eigenvalue weighted by atomic mass is 19.1. The van der Waals surface area contributed by atoms with E-state index in [0.717, 1.165) is 29.9 Å². The average Bonchev–Trinajstić information content (AvgIpc) is 2.84. The summed E-state index contributed by atoms with van der Waals surface area (Å²) in [6, 6.07) is 4.97. The number of hydrogen-bond acceptors (Lipinski definition) is 2. The van der Waals surface area contributed by atoms with Crippen molar-refractivity contribution in [2.24, 2.45) is 5.92 Å². The third-order valence-electron chi connectivity index (χ3n) is 3.97. The van der Waals surface area contributed by atoms with Crippen LogP contribution in [0, 0.1) is 11.7 Å². The van der Waals surface area contributed by atoms with Crippen molar-refractivity contribution in [2.75, 3.05) is 13.1 Å². The number of nitrogens with one attached hydrogen (secondary N) is 1. The SMILES string of the molecule is CCCCN(CC)C(c1nc2ccc(F)cc2[nH]1)C(C)C. The number of unbranched alkanes of at least 4 members (excludes halogenated alkanes) is 1. The molecular weight excluding hydrogens is 265 g/mol. The molecule has 0 amide bonds. The van der Waals surface area contributed by atoms with Gasteiger partial charge in [-0.1, -0.05) is 34.1 Å². The van der Waals surface area contributed by atoms with Crippen molar-refractivity contribution in [1.82, 2.24) is 14.9 Å². The lowest BCUT2D eigenvalue weighted by Crippen LogP contribution is -2.33. The first-order chi connectivity index (χ1) is 10.1. The molecule has 0 aliphatic carbocycles. The minimum absolute atomic E-state index is 0.225. The summed E-state index contributed by atoms with van der Waals surface area (Å²) < 4.78 is 13.3. The van der Waals surface area contributed by atoms with Crippen LogP contribution in [0.5, 0.6) is 0 Å². The van der Waals surface area contributed by atoms with Gasteiger partial charge in [-0.15, -0.1) is 0 Å². The first-order valence-electron chi connectivity index (χ1n) is 7.96. The Morgan fingerprint density at radius 3 is 2.67 bits per heavy atom. The van der Waals surface area contributed by atoms with Crippen LogP contribution in [0.25, 0.3) is 11.0 Å². The highest BCUT2D eigenvalue weighted by molar-refractivity contribution is 5.75. The van der Waals surface area contributed by atoms with Gasteiger partial charge in [0.05, 0.1) is 17.1 Å². The van der Waals surface area contributed by atoms with E-state index >= 15 is 0 Å². The van der Waals surface area contributed by atoms with E-state index in [1.54, 1.807) is 6.07 Å². The summed E-state index contributed by atoms with van der Waals surface area (Å²) in [5.41, 5.74) is 1.62. The lowest BCUT2D eigenvalue weighted by Gasteiger charge is -2.32. The van der Waals surface area contributed by atoms with Crippen LogP contribution in [-0.2, 0) is 0 Å². The summed E-state index contributed by atoms with van der Waals surface area (Å²) in [5, 5.41) is 0. The highest BCUT2D eigenvalue weighted by Gasteiger charge is 2.25. The summed E-state index contributed by atoms with van der Waals surface area (Å²) >= 11 is 0. The number of benzene rings is 1. The van der Waals surface area contributed by atoms with Crippen LogP contribution in [0.1, 0.15) is 52.4 Å². The number of rotatable bonds is 7. The van der Waals surface area contributed by atoms with Gasteiger partial charge in [-0.05, 0) is 43.6 Å². The van der Waals surface area contributed by atoms with Crippen LogP contribution in [0.4, 0.5) is 4.39 Å². The molecule has 2 rings (SSSR count). The molecule has 1 aromatic heterocycles. The maximum atomic E-state index is 13.3. The third-order valence-corrected chi connectivity index (χ3v) is 3.97. The monoisotopic (exact) mass is 291 g/mol. The van der Waals surface area contributed by atoms with Crippen molar-refractivity contribution in [3.8, 4) is 0 Å². The van der Waals surface area contributed by atoms with Crippen molar-refractivity contribution in [3.05, 3.63) is 29.8 Å². The molecule has 0 aliphatic rings. The van der Waals surface area contributed by atoms with Crippen LogP contribution < -0.4 is 0 Å². The molecule has 1 atom stereocenters. The van der Waals surface area contributed by atoms with Gasteiger partial charge in [-0.3, -0.25) is 4.90 Å². The number of imidazole rings is 1. The predicted octanol–water partition coefficient (Wildman–Crippen LogP) is 4.52. The van der Waals surface area contributed by atoms with Crippen LogP contribution in [-0.4, -0.2) is 28.0 Å². The summed E-state index contributed by atoms with van der Waals surface area (Å²) in [5.74, 6) is 1.17. The van der Waals surface area contributed by atoms with Crippen molar-refractivity contribution < 1.29 is 4.39 Å². The van der Waals surface area contributed by atoms with Crippen LogP contribution >= 0.6 is 0 Å². The zero-order valence-corrected chi connectivity index (χ0v) is 13.5. The number of halogens is 1. The summed E-state index contributed by atoms with van der Waals surface area (Å²) in [4.78, 5) is 10.5. The van der Waals surface area contributed by atoms with Gasteiger partial charge >= 0.3 is 0 Å². The van der Waals surface area contributed by atoms with E-state index in [1.165, 1.54) is 25.0 Å². The lowest BCUT2D eigenvalue weighted by molar-refractivity contribution is 0.154. The lowest BCUT2D eigenvalue weighted by atomic mass is 10.0. The van der Waals surface area contributed by atoms with Crippen LogP contribution in [0.3, 0.4) is 0 Å². The van der Waals surface area contributed by atoms with E-state index in [9.17, 15) is 4.39 Å². The average molecular weight is 291 g/mol. The van der Waals surface area contributed by atoms with Gasteiger partial charge in [0.25, 0.3) is 0 Å². The van der Waals surface area contributed by atoms with Crippen molar-refractivity contribution >= 4 is 11.0 Å². The van der Waals surface area contributed by atoms with E-state index in [4.69, 9.17) is 0 Å². The van der Waals surface area contributed by atoms with E-state index in [2.05, 4.69) is 42.6 Å². The van der Waals surface area contributed by atoms with E-state index < -0.39 is 0 Å². The molecule has 1 heterocycles. The Balaban J connectivity index is 2.34. The summed E-state index contributed by atoms with van der Waals surface area (Å²) in [6.07, 6.45) is 2.37. The number of aromatic nitrogens is 2. The van der Waals surface area contributed by atoms with Crippen LogP contribution in [0.15, 0.2) is 18.2 Å². The molecule has 1 unspecified atom stereocenters. The summed E-state index contributed by atoms with van der Waals surface area (Å²) in [7, 11) is 0. The normalized spacial score (nSPS) is 13.5. The molecule has 0 saturated carbocycles. The predicted molar refractivity (Wildman–Crippen MR) is 85.8 cm³/mol. The molecule has 0 aliphatic heterocycles. The quantitative estimate of drug-likeness (QED) is 0.813. The largest absolute Gasteiger partial charge is 0.341 e. The molecule has 3 nitrogen and oxygen atoms in total. The number of fused-ring (bicyclic) bond motifs is 1. The molecule has 0 saturated heterocycles. The van der Waals surface area contributed by atoms with E-state index in [1.807, 2.05) is 0 Å². The van der Waals surface area contributed by atoms with Gasteiger partial charge in [0, 0.05) is 0 Å². The second kappa shape index (κ2) is 7.03. The Kier molecular flexibility index (Phi) is 5.34. The Bertz CT molecular complexity index is 576. The maximum absolute atomic E-state index is 13.3. The van der Waals surface area contributed by atoms with Crippen molar-refractivity contribution in [3.63, 3.8) is 0 Å². The zero-order valence-electron chi connectivity index (χ0n) is 13.5. The van der Waals surface area contributed by atoms with Gasteiger partial charge < -0.3 is 4.98 Å².